The fourth-order valence-corrected chi connectivity index (χ4v) is 2.00. The zero-order valence-electron chi connectivity index (χ0n) is 8.03. The van der Waals surface area contributed by atoms with Crippen molar-refractivity contribution in [3.63, 3.8) is 0 Å². The summed E-state index contributed by atoms with van der Waals surface area (Å²) < 4.78 is 4.19. The van der Waals surface area contributed by atoms with Crippen molar-refractivity contribution in [2.75, 3.05) is 13.7 Å². The van der Waals surface area contributed by atoms with Crippen molar-refractivity contribution >= 4 is 45.8 Å². The summed E-state index contributed by atoms with van der Waals surface area (Å²) in [6, 6.07) is 3.54. The van der Waals surface area contributed by atoms with Crippen LogP contribution >= 0.6 is 33.9 Å². The quantitative estimate of drug-likeness (QED) is 0.513. The van der Waals surface area contributed by atoms with Crippen molar-refractivity contribution in [2.45, 2.75) is 3.92 Å². The number of hydrogen-bond donors (Lipinski definition) is 1. The van der Waals surface area contributed by atoms with E-state index in [9.17, 15) is 9.59 Å². The lowest BCUT2D eigenvalue weighted by molar-refractivity contribution is -0.139. The SMILES string of the molecule is COC(=O)C(I)CNC(=O)c1cccs1. The average Bonchev–Trinajstić information content (AvgIpc) is 2.77. The molecule has 1 N–H and O–H groups in total. The zero-order chi connectivity index (χ0) is 11.3. The summed E-state index contributed by atoms with van der Waals surface area (Å²) in [5, 5.41) is 4.49. The van der Waals surface area contributed by atoms with E-state index in [0.717, 1.165) is 0 Å². The van der Waals surface area contributed by atoms with Crippen molar-refractivity contribution in [3.8, 4) is 0 Å². The standard InChI is InChI=1S/C9H10INO3S/c1-14-9(13)6(10)5-11-8(12)7-3-2-4-15-7/h2-4,6H,5H2,1H3,(H,11,12). The van der Waals surface area contributed by atoms with Crippen molar-refractivity contribution in [2.24, 2.45) is 0 Å². The molecule has 1 amide bonds. The largest absolute Gasteiger partial charge is 0.468 e. The van der Waals surface area contributed by atoms with Crippen molar-refractivity contribution < 1.29 is 14.3 Å². The molecule has 1 aromatic rings. The number of thiophene rings is 1. The minimum absolute atomic E-state index is 0.157. The highest BCUT2D eigenvalue weighted by Gasteiger charge is 2.16. The number of ether oxygens (including phenoxy) is 1. The number of methoxy groups -OCH3 is 1. The monoisotopic (exact) mass is 339 g/mol. The first-order chi connectivity index (χ1) is 7.15. The summed E-state index contributed by atoms with van der Waals surface area (Å²) in [4.78, 5) is 23.1. The molecule has 1 atom stereocenters. The number of amides is 1. The molecule has 4 nitrogen and oxygen atoms in total. The van der Waals surface area contributed by atoms with Gasteiger partial charge in [-0.3, -0.25) is 9.59 Å². The number of nitrogens with one attached hydrogen (secondary N) is 1. The molecule has 0 fully saturated rings. The molecule has 0 aliphatic heterocycles. The van der Waals surface area contributed by atoms with Crippen LogP contribution in [0.2, 0.25) is 0 Å². The molecule has 1 rings (SSSR count). The number of carbonyl (C=O) groups is 2. The van der Waals surface area contributed by atoms with Crippen molar-refractivity contribution in [1.82, 2.24) is 5.32 Å². The van der Waals surface area contributed by atoms with Crippen LogP contribution in [0.4, 0.5) is 0 Å². The van der Waals surface area contributed by atoms with Crippen LogP contribution in [0.5, 0.6) is 0 Å². The summed E-state index contributed by atoms with van der Waals surface area (Å²) in [6.07, 6.45) is 0. The molecule has 0 bridgehead atoms. The van der Waals surface area contributed by atoms with Gasteiger partial charge in [-0.25, -0.2) is 0 Å². The lowest BCUT2D eigenvalue weighted by Crippen LogP contribution is -2.33. The third kappa shape index (κ3) is 3.78. The molecule has 0 aliphatic carbocycles. The smallest absolute Gasteiger partial charge is 0.320 e. The highest BCUT2D eigenvalue weighted by atomic mass is 127. The van der Waals surface area contributed by atoms with Gasteiger partial charge in [-0.05, 0) is 11.4 Å². The van der Waals surface area contributed by atoms with Gasteiger partial charge in [-0.2, -0.15) is 0 Å². The molecule has 1 heterocycles. The van der Waals surface area contributed by atoms with Gasteiger partial charge in [0.2, 0.25) is 0 Å². The molecule has 82 valence electrons. The van der Waals surface area contributed by atoms with Gasteiger partial charge < -0.3 is 10.1 Å². The van der Waals surface area contributed by atoms with Crippen molar-refractivity contribution in [1.29, 1.82) is 0 Å². The van der Waals surface area contributed by atoms with Crippen molar-refractivity contribution in [3.05, 3.63) is 22.4 Å². The Morgan fingerprint density at radius 1 is 1.67 bits per heavy atom. The fourth-order valence-electron chi connectivity index (χ4n) is 0.888. The molecule has 0 saturated heterocycles. The number of alkyl halides is 1. The second-order valence-electron chi connectivity index (χ2n) is 2.68. The van der Waals surface area contributed by atoms with Gasteiger partial charge in [0, 0.05) is 6.54 Å². The Hall–Kier alpha value is -0.630. The lowest BCUT2D eigenvalue weighted by atomic mass is 10.4. The van der Waals surface area contributed by atoms with E-state index in [4.69, 9.17) is 0 Å². The minimum Gasteiger partial charge on any atom is -0.468 e. The van der Waals surface area contributed by atoms with Crippen LogP contribution in [-0.2, 0) is 9.53 Å². The van der Waals surface area contributed by atoms with E-state index >= 15 is 0 Å². The minimum atomic E-state index is -0.350. The first kappa shape index (κ1) is 12.4. The molecule has 0 spiro atoms. The first-order valence-electron chi connectivity index (χ1n) is 4.18. The van der Waals surface area contributed by atoms with E-state index in [0.29, 0.717) is 4.88 Å². The van der Waals surface area contributed by atoms with E-state index in [1.54, 1.807) is 12.1 Å². The summed E-state index contributed by atoms with van der Waals surface area (Å²) >= 11 is 3.30. The molecule has 0 aromatic carbocycles. The van der Waals surface area contributed by atoms with Crippen LogP contribution in [0.3, 0.4) is 0 Å². The predicted octanol–water partition coefficient (Wildman–Crippen LogP) is 1.45. The van der Waals surface area contributed by atoms with Crippen LogP contribution < -0.4 is 5.32 Å². The maximum Gasteiger partial charge on any atom is 0.320 e. The average molecular weight is 339 g/mol. The second-order valence-corrected chi connectivity index (χ2v) is 5.13. The number of rotatable bonds is 4. The van der Waals surface area contributed by atoms with Gasteiger partial charge in [-0.1, -0.05) is 28.7 Å². The first-order valence-corrected chi connectivity index (χ1v) is 6.31. The molecular weight excluding hydrogens is 329 g/mol. The summed E-state index contributed by atoms with van der Waals surface area (Å²) in [5.41, 5.74) is 0. The lowest BCUT2D eigenvalue weighted by Gasteiger charge is -2.08. The molecule has 0 radical (unpaired) electrons. The van der Waals surface area contributed by atoms with Crippen LogP contribution in [-0.4, -0.2) is 29.5 Å². The molecule has 15 heavy (non-hydrogen) atoms. The summed E-state index contributed by atoms with van der Waals surface area (Å²) in [6.45, 7) is 0.282. The third-order valence-electron chi connectivity index (χ3n) is 1.64. The number of hydrogen-bond acceptors (Lipinski definition) is 4. The summed E-state index contributed by atoms with van der Waals surface area (Å²) in [5.74, 6) is -0.488. The Balaban J connectivity index is 2.38. The molecule has 1 unspecified atom stereocenters. The van der Waals surface area contributed by atoms with E-state index in [-0.39, 0.29) is 22.3 Å². The Labute approximate surface area is 105 Å². The maximum absolute atomic E-state index is 11.5. The van der Waals surface area contributed by atoms with E-state index in [1.165, 1.54) is 18.4 Å². The third-order valence-corrected chi connectivity index (χ3v) is 3.46. The van der Waals surface area contributed by atoms with Gasteiger partial charge in [0.05, 0.1) is 12.0 Å². The Morgan fingerprint density at radius 2 is 2.40 bits per heavy atom. The highest BCUT2D eigenvalue weighted by molar-refractivity contribution is 14.1. The van der Waals surface area contributed by atoms with E-state index in [1.807, 2.05) is 28.0 Å². The second kappa shape index (κ2) is 6.06. The van der Waals surface area contributed by atoms with Crippen LogP contribution in [0.15, 0.2) is 17.5 Å². The molecule has 6 heteroatoms. The Kier molecular flexibility index (Phi) is 5.03. The van der Waals surface area contributed by atoms with Gasteiger partial charge in [-0.15, -0.1) is 11.3 Å². The van der Waals surface area contributed by atoms with Gasteiger partial charge >= 0.3 is 5.97 Å². The van der Waals surface area contributed by atoms with Gasteiger partial charge in [0.25, 0.3) is 5.91 Å². The number of carbonyl (C=O) groups excluding carboxylic acids is 2. The zero-order valence-corrected chi connectivity index (χ0v) is 11.0. The number of esters is 1. The molecule has 1 aromatic heterocycles. The predicted molar refractivity (Wildman–Crippen MR) is 66.5 cm³/mol. The normalized spacial score (nSPS) is 11.9. The van der Waals surface area contributed by atoms with Crippen LogP contribution in [0.25, 0.3) is 0 Å². The Bertz CT molecular complexity index is 339. The van der Waals surface area contributed by atoms with E-state index in [2.05, 4.69) is 10.1 Å². The fraction of sp³-hybridized carbons (Fsp3) is 0.333. The molecular formula is C9H10INO3S. The van der Waals surface area contributed by atoms with Crippen LogP contribution in [0.1, 0.15) is 9.67 Å². The summed E-state index contributed by atoms with van der Waals surface area (Å²) in [7, 11) is 1.33. The van der Waals surface area contributed by atoms with Gasteiger partial charge in [0.1, 0.15) is 3.92 Å². The number of halogens is 1. The van der Waals surface area contributed by atoms with Crippen LogP contribution in [0, 0.1) is 0 Å². The highest BCUT2D eigenvalue weighted by Crippen LogP contribution is 2.08. The Morgan fingerprint density at radius 3 is 2.93 bits per heavy atom. The molecule has 0 aliphatic rings. The maximum atomic E-state index is 11.5. The van der Waals surface area contributed by atoms with E-state index < -0.39 is 0 Å². The molecule has 0 saturated carbocycles. The van der Waals surface area contributed by atoms with Gasteiger partial charge in [0.15, 0.2) is 0 Å². The topological polar surface area (TPSA) is 55.4 Å².